The molecule has 0 N–H and O–H groups in total. The lowest BCUT2D eigenvalue weighted by molar-refractivity contribution is -0.580. The highest BCUT2D eigenvalue weighted by Crippen LogP contribution is 2.21. The molecular formula is C15H14ClNO5. The number of ether oxygens (including phenoxy) is 2. The predicted molar refractivity (Wildman–Crippen MR) is 79.8 cm³/mol. The molecule has 1 heterocycles. The van der Waals surface area contributed by atoms with E-state index in [2.05, 4.69) is 0 Å². The molecule has 7 heteroatoms. The van der Waals surface area contributed by atoms with Gasteiger partial charge in [0, 0.05) is 11.1 Å². The molecule has 0 saturated carbocycles. The number of halogens is 1. The van der Waals surface area contributed by atoms with Crippen molar-refractivity contribution in [2.45, 2.75) is 13.8 Å². The molecule has 1 aromatic heterocycles. The number of carbonyl (C=O) groups excluding carboxylic acids is 2. The maximum atomic E-state index is 12.5. The van der Waals surface area contributed by atoms with E-state index in [-0.39, 0.29) is 24.3 Å². The molecule has 0 aliphatic carbocycles. The zero-order valence-electron chi connectivity index (χ0n) is 12.1. The summed E-state index contributed by atoms with van der Waals surface area (Å²) in [5.41, 5.74) is -0.333. The molecule has 0 saturated heterocycles. The van der Waals surface area contributed by atoms with Gasteiger partial charge >= 0.3 is 17.6 Å². The topological polar surface area (TPSA) is 79.5 Å². The first kappa shape index (κ1) is 16.0. The van der Waals surface area contributed by atoms with Gasteiger partial charge in [-0.25, -0.2) is 9.59 Å². The van der Waals surface area contributed by atoms with E-state index in [4.69, 9.17) is 21.1 Å². The van der Waals surface area contributed by atoms with E-state index in [1.807, 2.05) is 0 Å². The molecule has 0 atom stereocenters. The number of nitrogens with zero attached hydrogens (tertiary/aromatic N) is 1. The van der Waals surface area contributed by atoms with Crippen LogP contribution in [0.25, 0.3) is 10.9 Å². The Labute approximate surface area is 131 Å². The molecule has 0 radical (unpaired) electrons. The lowest BCUT2D eigenvalue weighted by Crippen LogP contribution is -2.39. The minimum atomic E-state index is -0.877. The van der Waals surface area contributed by atoms with Crippen LogP contribution in [0.3, 0.4) is 0 Å². The lowest BCUT2D eigenvalue weighted by atomic mass is 10.1. The molecule has 2 aromatic rings. The van der Waals surface area contributed by atoms with E-state index in [0.717, 1.165) is 0 Å². The van der Waals surface area contributed by atoms with Crippen LogP contribution in [-0.2, 0) is 9.47 Å². The Hall–Kier alpha value is -2.34. The number of hydrogen-bond acceptors (Lipinski definition) is 5. The monoisotopic (exact) mass is 323 g/mol. The smallest absolute Gasteiger partial charge is 0.405 e. The van der Waals surface area contributed by atoms with Crippen molar-refractivity contribution >= 4 is 34.4 Å². The predicted octanol–water partition coefficient (Wildman–Crippen LogP) is 2.48. The molecule has 22 heavy (non-hydrogen) atoms. The highest BCUT2D eigenvalue weighted by Gasteiger charge is 2.30. The summed E-state index contributed by atoms with van der Waals surface area (Å²) in [6.45, 7) is 3.44. The molecular weight excluding hydrogens is 310 g/mol. The van der Waals surface area contributed by atoms with Crippen LogP contribution in [0, 0.1) is 5.21 Å². The molecule has 0 bridgehead atoms. The van der Waals surface area contributed by atoms with E-state index < -0.39 is 17.6 Å². The van der Waals surface area contributed by atoms with Gasteiger partial charge in [-0.1, -0.05) is 11.6 Å². The van der Waals surface area contributed by atoms with Crippen molar-refractivity contribution in [1.29, 1.82) is 0 Å². The average Bonchev–Trinajstić information content (AvgIpc) is 2.47. The third kappa shape index (κ3) is 2.96. The third-order valence-corrected chi connectivity index (χ3v) is 3.17. The van der Waals surface area contributed by atoms with Gasteiger partial charge < -0.3 is 14.7 Å². The fourth-order valence-electron chi connectivity index (χ4n) is 2.04. The molecule has 0 aliphatic heterocycles. The van der Waals surface area contributed by atoms with Gasteiger partial charge in [0.1, 0.15) is 5.56 Å². The minimum absolute atomic E-state index is 0.0831. The highest BCUT2D eigenvalue weighted by atomic mass is 35.5. The summed E-state index contributed by atoms with van der Waals surface area (Å²) in [4.78, 5) is 24.1. The summed E-state index contributed by atoms with van der Waals surface area (Å²) in [5, 5.41) is 13.3. The molecule has 0 fully saturated rings. The summed E-state index contributed by atoms with van der Waals surface area (Å²) in [6, 6.07) is 5.93. The van der Waals surface area contributed by atoms with Gasteiger partial charge in [0.2, 0.25) is 5.52 Å². The molecule has 0 amide bonds. The van der Waals surface area contributed by atoms with Crippen LogP contribution >= 0.6 is 11.6 Å². The SMILES string of the molecule is CCOC(=O)c1cc2cc(Cl)ccc2[n+]([O-])c1C(=O)OCC. The fraction of sp³-hybridized carbons (Fsp3) is 0.267. The average molecular weight is 324 g/mol. The normalized spacial score (nSPS) is 10.5. The van der Waals surface area contributed by atoms with E-state index in [1.165, 1.54) is 24.3 Å². The molecule has 2 rings (SSSR count). The second-order valence-electron chi connectivity index (χ2n) is 4.35. The zero-order valence-corrected chi connectivity index (χ0v) is 12.8. The number of pyridine rings is 1. The number of benzene rings is 1. The minimum Gasteiger partial charge on any atom is -0.618 e. The van der Waals surface area contributed by atoms with Crippen LogP contribution in [0.5, 0.6) is 0 Å². The van der Waals surface area contributed by atoms with E-state index in [0.29, 0.717) is 15.1 Å². The van der Waals surface area contributed by atoms with Crippen molar-refractivity contribution in [2.24, 2.45) is 0 Å². The van der Waals surface area contributed by atoms with Gasteiger partial charge in [0.05, 0.1) is 18.6 Å². The fourth-order valence-corrected chi connectivity index (χ4v) is 2.22. The summed E-state index contributed by atoms with van der Waals surface area (Å²) in [6.07, 6.45) is 0. The van der Waals surface area contributed by atoms with Gasteiger partial charge in [0.25, 0.3) is 0 Å². The molecule has 116 valence electrons. The van der Waals surface area contributed by atoms with E-state index >= 15 is 0 Å². The Balaban J connectivity index is 2.74. The van der Waals surface area contributed by atoms with Crippen LogP contribution < -0.4 is 4.73 Å². The summed E-state index contributed by atoms with van der Waals surface area (Å²) in [5.74, 6) is -1.64. The van der Waals surface area contributed by atoms with Crippen LogP contribution in [-0.4, -0.2) is 25.2 Å². The van der Waals surface area contributed by atoms with Crippen LogP contribution in [0.15, 0.2) is 24.3 Å². The summed E-state index contributed by atoms with van der Waals surface area (Å²) >= 11 is 5.90. The van der Waals surface area contributed by atoms with Gasteiger partial charge in [-0.05, 0) is 32.0 Å². The van der Waals surface area contributed by atoms with Crippen LogP contribution in [0.1, 0.15) is 34.7 Å². The number of carbonyl (C=O) groups is 2. The third-order valence-electron chi connectivity index (χ3n) is 2.93. The number of rotatable bonds is 4. The lowest BCUT2D eigenvalue weighted by Gasteiger charge is -2.11. The largest absolute Gasteiger partial charge is 0.618 e. The zero-order chi connectivity index (χ0) is 16.3. The second kappa shape index (κ2) is 6.62. The molecule has 1 aromatic carbocycles. The first-order chi connectivity index (χ1) is 10.5. The number of esters is 2. The molecule has 0 unspecified atom stereocenters. The van der Waals surface area contributed by atoms with Crippen molar-refractivity contribution in [1.82, 2.24) is 0 Å². The summed E-state index contributed by atoms with van der Waals surface area (Å²) in [7, 11) is 0. The standard InChI is InChI=1S/C15H14ClNO5/c1-3-21-14(18)11-8-9-7-10(16)5-6-12(9)17(20)13(11)15(19)22-4-2/h5-8H,3-4H2,1-2H3. The van der Waals surface area contributed by atoms with Crippen LogP contribution in [0.2, 0.25) is 5.02 Å². The molecule has 0 aliphatic rings. The van der Waals surface area contributed by atoms with Crippen molar-refractivity contribution < 1.29 is 23.8 Å². The van der Waals surface area contributed by atoms with Gasteiger partial charge in [-0.2, -0.15) is 4.73 Å². The molecule has 6 nitrogen and oxygen atoms in total. The first-order valence-electron chi connectivity index (χ1n) is 6.69. The number of aromatic nitrogens is 1. The first-order valence-corrected chi connectivity index (χ1v) is 7.07. The maximum absolute atomic E-state index is 12.5. The van der Waals surface area contributed by atoms with Crippen molar-refractivity contribution in [3.63, 3.8) is 0 Å². The van der Waals surface area contributed by atoms with Gasteiger partial charge in [-0.3, -0.25) is 0 Å². The Morgan fingerprint density at radius 1 is 1.14 bits per heavy atom. The van der Waals surface area contributed by atoms with Gasteiger partial charge in [-0.15, -0.1) is 0 Å². The highest BCUT2D eigenvalue weighted by molar-refractivity contribution is 6.31. The number of fused-ring (bicyclic) bond motifs is 1. The van der Waals surface area contributed by atoms with Crippen LogP contribution in [0.4, 0.5) is 0 Å². The van der Waals surface area contributed by atoms with E-state index in [1.54, 1.807) is 13.8 Å². The van der Waals surface area contributed by atoms with E-state index in [9.17, 15) is 14.8 Å². The number of hydrogen-bond donors (Lipinski definition) is 0. The Kier molecular flexibility index (Phi) is 4.82. The van der Waals surface area contributed by atoms with Crippen molar-refractivity contribution in [2.75, 3.05) is 13.2 Å². The Bertz CT molecular complexity index is 744. The Morgan fingerprint density at radius 2 is 1.77 bits per heavy atom. The van der Waals surface area contributed by atoms with Gasteiger partial charge in [0.15, 0.2) is 0 Å². The van der Waals surface area contributed by atoms with Crippen molar-refractivity contribution in [3.8, 4) is 0 Å². The summed E-state index contributed by atoms with van der Waals surface area (Å²) < 4.78 is 10.1. The quantitative estimate of drug-likeness (QED) is 0.490. The van der Waals surface area contributed by atoms with Crippen molar-refractivity contribution in [3.05, 3.63) is 45.8 Å². The maximum Gasteiger partial charge on any atom is 0.405 e. The molecule has 0 spiro atoms. The Morgan fingerprint density at radius 3 is 2.41 bits per heavy atom. The second-order valence-corrected chi connectivity index (χ2v) is 4.78.